The van der Waals surface area contributed by atoms with Crippen molar-refractivity contribution in [3.05, 3.63) is 81.9 Å². The van der Waals surface area contributed by atoms with Gasteiger partial charge in [-0.05, 0) is 80.9 Å². The number of benzene rings is 2. The van der Waals surface area contributed by atoms with Gasteiger partial charge in [-0.25, -0.2) is 9.29 Å². The van der Waals surface area contributed by atoms with Gasteiger partial charge in [-0.3, -0.25) is 19.2 Å². The summed E-state index contributed by atoms with van der Waals surface area (Å²) in [5, 5.41) is 5.79. The van der Waals surface area contributed by atoms with Gasteiger partial charge in [0.15, 0.2) is 0 Å². The van der Waals surface area contributed by atoms with Crippen LogP contribution in [0.2, 0.25) is 0 Å². The third-order valence-corrected chi connectivity index (χ3v) is 8.22. The Kier molecular flexibility index (Phi) is 11.5. The number of rotatable bonds is 14. The van der Waals surface area contributed by atoms with Gasteiger partial charge in [-0.1, -0.05) is 26.0 Å². The van der Waals surface area contributed by atoms with E-state index in [0.717, 1.165) is 35.8 Å². The van der Waals surface area contributed by atoms with Gasteiger partial charge < -0.3 is 25.3 Å². The van der Waals surface area contributed by atoms with Crippen LogP contribution in [0.3, 0.4) is 0 Å². The van der Waals surface area contributed by atoms with E-state index in [1.807, 2.05) is 24.3 Å². The van der Waals surface area contributed by atoms with Crippen molar-refractivity contribution in [1.82, 2.24) is 20.5 Å². The van der Waals surface area contributed by atoms with Gasteiger partial charge in [0, 0.05) is 49.4 Å². The van der Waals surface area contributed by atoms with Crippen LogP contribution in [0.1, 0.15) is 71.5 Å². The van der Waals surface area contributed by atoms with E-state index in [0.29, 0.717) is 35.6 Å². The lowest BCUT2D eigenvalue weighted by Gasteiger charge is -2.18. The topological polar surface area (TPSA) is 124 Å². The van der Waals surface area contributed by atoms with Crippen molar-refractivity contribution < 1.29 is 28.3 Å². The number of anilines is 1. The van der Waals surface area contributed by atoms with Crippen LogP contribution in [0.15, 0.2) is 42.5 Å². The second-order valence-electron chi connectivity index (χ2n) is 11.2. The second-order valence-corrected chi connectivity index (χ2v) is 11.2. The molecule has 1 aliphatic heterocycles. The molecule has 0 fully saturated rings. The molecule has 0 spiro atoms. The van der Waals surface area contributed by atoms with E-state index in [2.05, 4.69) is 34.4 Å². The molecule has 11 heteroatoms. The predicted octanol–water partition coefficient (Wildman–Crippen LogP) is 4.75. The van der Waals surface area contributed by atoms with E-state index in [9.17, 15) is 23.6 Å². The first-order valence-corrected chi connectivity index (χ1v) is 15.6. The standard InChI is InChI=1S/C35H42FN5O5/c1-6-40(7-2)18-17-37-34(44)33-22(3)29(39-23(33)4)20-28-27-19-25(36)13-16-30(27)41(35(28)45)32(43)10-8-9-31(42)38-21-24-11-14-26(46-5)15-12-24/h11-16,19-20,39H,6-10,17-18,21H2,1-5H3,(H,37,44)(H,38,42)/b28-20-. The van der Waals surface area contributed by atoms with E-state index in [-0.39, 0.29) is 47.9 Å². The van der Waals surface area contributed by atoms with E-state index >= 15 is 0 Å². The Labute approximate surface area is 269 Å². The maximum atomic E-state index is 14.4. The number of aromatic amines is 1. The molecule has 10 nitrogen and oxygen atoms in total. The average molecular weight is 632 g/mol. The molecule has 1 aliphatic rings. The first-order valence-electron chi connectivity index (χ1n) is 15.6. The lowest BCUT2D eigenvalue weighted by molar-refractivity contribution is -0.123. The average Bonchev–Trinajstić information content (AvgIpc) is 3.48. The lowest BCUT2D eigenvalue weighted by atomic mass is 10.0. The number of fused-ring (bicyclic) bond motifs is 1. The zero-order valence-electron chi connectivity index (χ0n) is 27.1. The highest BCUT2D eigenvalue weighted by atomic mass is 19.1. The zero-order chi connectivity index (χ0) is 33.4. The summed E-state index contributed by atoms with van der Waals surface area (Å²) in [7, 11) is 1.58. The number of aromatic nitrogens is 1. The van der Waals surface area contributed by atoms with Crippen LogP contribution >= 0.6 is 0 Å². The minimum absolute atomic E-state index is 0.0513. The van der Waals surface area contributed by atoms with Crippen molar-refractivity contribution in [3.8, 4) is 5.75 Å². The zero-order valence-corrected chi connectivity index (χ0v) is 27.1. The summed E-state index contributed by atoms with van der Waals surface area (Å²) in [6.45, 7) is 11.0. The smallest absolute Gasteiger partial charge is 0.265 e. The van der Waals surface area contributed by atoms with E-state index in [1.165, 1.54) is 18.2 Å². The highest BCUT2D eigenvalue weighted by Crippen LogP contribution is 2.39. The number of nitrogens with zero attached hydrogens (tertiary/aromatic N) is 2. The molecule has 4 rings (SSSR count). The Morgan fingerprint density at radius 1 is 1.02 bits per heavy atom. The van der Waals surface area contributed by atoms with Gasteiger partial charge in [-0.2, -0.15) is 0 Å². The summed E-state index contributed by atoms with van der Waals surface area (Å²) in [6.07, 6.45) is 1.84. The van der Waals surface area contributed by atoms with Crippen LogP contribution in [0.4, 0.5) is 10.1 Å². The number of ether oxygens (including phenoxy) is 1. The maximum absolute atomic E-state index is 14.4. The molecule has 0 atom stereocenters. The van der Waals surface area contributed by atoms with E-state index in [1.54, 1.807) is 27.0 Å². The van der Waals surface area contributed by atoms with Crippen molar-refractivity contribution in [2.75, 3.05) is 38.2 Å². The number of hydrogen-bond acceptors (Lipinski definition) is 6. The Morgan fingerprint density at radius 2 is 1.74 bits per heavy atom. The maximum Gasteiger partial charge on any atom is 0.265 e. The molecular formula is C35H42FN5O5. The van der Waals surface area contributed by atoms with E-state index in [4.69, 9.17) is 4.74 Å². The molecule has 0 saturated carbocycles. The van der Waals surface area contributed by atoms with Crippen molar-refractivity contribution in [2.24, 2.45) is 0 Å². The molecule has 2 aromatic carbocycles. The molecular weight excluding hydrogens is 589 g/mol. The minimum atomic E-state index is -0.591. The second kappa shape index (κ2) is 15.5. The summed E-state index contributed by atoms with van der Waals surface area (Å²) in [5.74, 6) is -1.35. The van der Waals surface area contributed by atoms with Crippen molar-refractivity contribution in [1.29, 1.82) is 0 Å². The molecule has 46 heavy (non-hydrogen) atoms. The Balaban J connectivity index is 1.44. The van der Waals surface area contributed by atoms with Crippen molar-refractivity contribution in [2.45, 2.75) is 53.5 Å². The Bertz CT molecular complexity index is 1620. The van der Waals surface area contributed by atoms with Crippen LogP contribution in [0, 0.1) is 19.7 Å². The predicted molar refractivity (Wildman–Crippen MR) is 176 cm³/mol. The molecule has 3 N–H and O–H groups in total. The van der Waals surface area contributed by atoms with Gasteiger partial charge >= 0.3 is 0 Å². The van der Waals surface area contributed by atoms with Gasteiger partial charge in [-0.15, -0.1) is 0 Å². The number of halogens is 1. The van der Waals surface area contributed by atoms with E-state index < -0.39 is 17.6 Å². The van der Waals surface area contributed by atoms with Crippen LogP contribution in [0.5, 0.6) is 5.75 Å². The number of carbonyl (C=O) groups is 4. The third-order valence-electron chi connectivity index (χ3n) is 8.22. The van der Waals surface area contributed by atoms with Crippen LogP contribution in [-0.4, -0.2) is 66.8 Å². The molecule has 0 unspecified atom stereocenters. The molecule has 3 aromatic rings. The first-order chi connectivity index (χ1) is 22.1. The van der Waals surface area contributed by atoms with Crippen molar-refractivity contribution >= 4 is 41.0 Å². The Morgan fingerprint density at radius 3 is 2.41 bits per heavy atom. The van der Waals surface area contributed by atoms with Crippen molar-refractivity contribution in [3.63, 3.8) is 0 Å². The highest BCUT2D eigenvalue weighted by Gasteiger charge is 2.37. The summed E-state index contributed by atoms with van der Waals surface area (Å²) in [4.78, 5) is 58.9. The van der Waals surface area contributed by atoms with Crippen LogP contribution in [-0.2, 0) is 20.9 Å². The summed E-state index contributed by atoms with van der Waals surface area (Å²) in [5.41, 5.74) is 3.88. The molecule has 0 bridgehead atoms. The fourth-order valence-corrected chi connectivity index (χ4v) is 5.55. The summed E-state index contributed by atoms with van der Waals surface area (Å²) >= 11 is 0. The van der Waals surface area contributed by atoms with Gasteiger partial charge in [0.25, 0.3) is 11.8 Å². The SMILES string of the molecule is CCN(CC)CCNC(=O)c1c(C)[nH]c(/C=C2\C(=O)N(C(=O)CCCC(=O)NCc3ccc(OC)cc3)c3ccc(F)cc32)c1C. The number of hydrogen-bond donors (Lipinski definition) is 3. The minimum Gasteiger partial charge on any atom is -0.497 e. The Hall–Kier alpha value is -4.77. The van der Waals surface area contributed by atoms with Gasteiger partial charge in [0.05, 0.1) is 23.9 Å². The highest BCUT2D eigenvalue weighted by molar-refractivity contribution is 6.42. The number of H-pyrrole nitrogens is 1. The summed E-state index contributed by atoms with van der Waals surface area (Å²) in [6, 6.07) is 11.2. The molecule has 0 aliphatic carbocycles. The number of nitrogens with one attached hydrogen (secondary N) is 3. The quantitative estimate of drug-likeness (QED) is 0.221. The molecule has 2 heterocycles. The number of aryl methyl sites for hydroxylation is 1. The number of imide groups is 1. The van der Waals surface area contributed by atoms with Crippen LogP contribution in [0.25, 0.3) is 11.6 Å². The van der Waals surface area contributed by atoms with Gasteiger partial charge in [0.2, 0.25) is 11.8 Å². The molecule has 1 aromatic heterocycles. The fraction of sp³-hybridized carbons (Fsp3) is 0.371. The lowest BCUT2D eigenvalue weighted by Crippen LogP contribution is -2.35. The monoisotopic (exact) mass is 631 g/mol. The third kappa shape index (κ3) is 7.89. The number of amides is 4. The normalized spacial score (nSPS) is 13.3. The fourth-order valence-electron chi connectivity index (χ4n) is 5.55. The molecule has 4 amide bonds. The number of carbonyl (C=O) groups excluding carboxylic acids is 4. The number of likely N-dealkylation sites (N-methyl/N-ethyl adjacent to an activating group) is 1. The first kappa shape index (κ1) is 34.1. The molecule has 244 valence electrons. The van der Waals surface area contributed by atoms with Crippen LogP contribution < -0.4 is 20.3 Å². The number of methoxy groups -OCH3 is 1. The largest absolute Gasteiger partial charge is 0.497 e. The summed E-state index contributed by atoms with van der Waals surface area (Å²) < 4.78 is 19.5. The molecule has 0 radical (unpaired) electrons. The molecule has 0 saturated heterocycles. The van der Waals surface area contributed by atoms with Gasteiger partial charge in [0.1, 0.15) is 11.6 Å².